The zero-order valence-corrected chi connectivity index (χ0v) is 19.4. The Morgan fingerprint density at radius 1 is 1.15 bits per heavy atom. The molecule has 0 bridgehead atoms. The molecule has 2 aromatic carbocycles. The van der Waals surface area contributed by atoms with E-state index in [9.17, 15) is 19.7 Å². The largest absolute Gasteiger partial charge is 0.343 e. The van der Waals surface area contributed by atoms with E-state index < -0.39 is 10.8 Å². The highest BCUT2D eigenvalue weighted by atomic mass is 35.5. The lowest BCUT2D eigenvalue weighted by molar-refractivity contribution is -0.384. The molecule has 34 heavy (non-hydrogen) atoms. The number of hydrogen-bond donors (Lipinski definition) is 2. The van der Waals surface area contributed by atoms with Gasteiger partial charge < -0.3 is 10.3 Å². The molecule has 0 spiro atoms. The van der Waals surface area contributed by atoms with Crippen LogP contribution in [0.15, 0.2) is 69.8 Å². The number of aromatic nitrogens is 2. The number of nitro benzene ring substituents is 1. The normalized spacial score (nSPS) is 17.1. The predicted octanol–water partition coefficient (Wildman–Crippen LogP) is 5.19. The molecule has 5 rings (SSSR count). The van der Waals surface area contributed by atoms with E-state index in [-0.39, 0.29) is 17.0 Å². The fraction of sp³-hybridized carbons (Fsp3) is 0.208. The summed E-state index contributed by atoms with van der Waals surface area (Å²) in [5, 5.41) is 15.0. The first-order valence-corrected chi connectivity index (χ1v) is 12.1. The Balaban J connectivity index is 1.50. The lowest BCUT2D eigenvalue weighted by atomic mass is 9.76. The van der Waals surface area contributed by atoms with E-state index in [4.69, 9.17) is 11.6 Å². The minimum absolute atomic E-state index is 0.0245. The molecule has 0 fully saturated rings. The fourth-order valence-corrected chi connectivity index (χ4v) is 5.41. The van der Waals surface area contributed by atoms with Gasteiger partial charge in [0, 0.05) is 46.5 Å². The van der Waals surface area contributed by atoms with Crippen molar-refractivity contribution in [1.29, 1.82) is 0 Å². The molecule has 1 aliphatic carbocycles. The summed E-state index contributed by atoms with van der Waals surface area (Å²) in [7, 11) is 0. The predicted molar refractivity (Wildman–Crippen MR) is 130 cm³/mol. The first kappa shape index (κ1) is 22.4. The summed E-state index contributed by atoms with van der Waals surface area (Å²) in [4.78, 5) is 44.1. The van der Waals surface area contributed by atoms with Crippen molar-refractivity contribution < 1.29 is 9.72 Å². The number of fused-ring (bicyclic) bond motifs is 1. The number of nitrogens with one attached hydrogen (secondary N) is 2. The monoisotopic (exact) mass is 494 g/mol. The van der Waals surface area contributed by atoms with E-state index in [1.165, 1.54) is 23.9 Å². The van der Waals surface area contributed by atoms with Gasteiger partial charge in [0.15, 0.2) is 10.9 Å². The molecule has 8 nitrogen and oxygen atoms in total. The van der Waals surface area contributed by atoms with Crippen LogP contribution in [0.5, 0.6) is 0 Å². The number of thioether (sulfide) groups is 1. The number of rotatable bonds is 5. The lowest BCUT2D eigenvalue weighted by Crippen LogP contribution is -2.32. The van der Waals surface area contributed by atoms with Crippen LogP contribution in [0.2, 0.25) is 5.02 Å². The van der Waals surface area contributed by atoms with Gasteiger partial charge in [-0.3, -0.25) is 19.7 Å². The number of H-pyrrole nitrogens is 1. The van der Waals surface area contributed by atoms with E-state index in [0.717, 1.165) is 23.2 Å². The van der Waals surface area contributed by atoms with Crippen molar-refractivity contribution in [3.05, 3.63) is 102 Å². The highest BCUT2D eigenvalue weighted by Crippen LogP contribution is 2.43. The molecule has 2 heterocycles. The van der Waals surface area contributed by atoms with Gasteiger partial charge in [-0.15, -0.1) is 0 Å². The van der Waals surface area contributed by atoms with Gasteiger partial charge in [-0.2, -0.15) is 0 Å². The molecule has 1 unspecified atom stereocenters. The summed E-state index contributed by atoms with van der Waals surface area (Å²) in [6, 6.07) is 13.5. The number of hydrogen-bond acceptors (Lipinski definition) is 7. The molecule has 0 saturated heterocycles. The van der Waals surface area contributed by atoms with Crippen LogP contribution in [0.4, 0.5) is 11.5 Å². The number of nitrogens with zero attached hydrogens (tertiary/aromatic N) is 2. The topological polar surface area (TPSA) is 118 Å². The third-order valence-electron chi connectivity index (χ3n) is 5.94. The molecule has 1 atom stereocenters. The van der Waals surface area contributed by atoms with Crippen molar-refractivity contribution in [3.63, 3.8) is 0 Å². The molecule has 1 aromatic heterocycles. The quantitative estimate of drug-likeness (QED) is 0.217. The Hall–Kier alpha value is -3.43. The van der Waals surface area contributed by atoms with Crippen LogP contribution in [0, 0.1) is 10.1 Å². The third kappa shape index (κ3) is 4.24. The van der Waals surface area contributed by atoms with Crippen molar-refractivity contribution >= 4 is 40.7 Å². The zero-order valence-electron chi connectivity index (χ0n) is 17.8. The summed E-state index contributed by atoms with van der Waals surface area (Å²) in [6.07, 6.45) is 1.89. The molecule has 2 aliphatic rings. The number of allylic oxidation sites excluding steroid dienone is 2. The second-order valence-corrected chi connectivity index (χ2v) is 9.53. The first-order chi connectivity index (χ1) is 16.4. The Bertz CT molecular complexity index is 1400. The number of ketones is 1. The van der Waals surface area contributed by atoms with Crippen molar-refractivity contribution in [2.75, 3.05) is 5.32 Å². The van der Waals surface area contributed by atoms with Crippen LogP contribution >= 0.6 is 23.4 Å². The molecule has 0 radical (unpaired) electrons. The Labute approximate surface area is 203 Å². The van der Waals surface area contributed by atoms with Gasteiger partial charge in [-0.05, 0) is 36.1 Å². The van der Waals surface area contributed by atoms with Crippen LogP contribution in [0.25, 0.3) is 0 Å². The maximum absolute atomic E-state index is 13.3. The molecule has 0 amide bonds. The van der Waals surface area contributed by atoms with Crippen LogP contribution in [-0.2, 0) is 10.5 Å². The minimum atomic E-state index is -0.539. The Morgan fingerprint density at radius 3 is 2.68 bits per heavy atom. The van der Waals surface area contributed by atoms with E-state index in [2.05, 4.69) is 15.3 Å². The highest BCUT2D eigenvalue weighted by Gasteiger charge is 2.37. The molecule has 10 heteroatoms. The maximum Gasteiger partial charge on any atom is 0.269 e. The summed E-state index contributed by atoms with van der Waals surface area (Å²) < 4.78 is 0. The summed E-state index contributed by atoms with van der Waals surface area (Å²) in [6.45, 7) is 0. The number of nitro groups is 1. The molecule has 2 N–H and O–H groups in total. The molecule has 172 valence electrons. The van der Waals surface area contributed by atoms with E-state index in [1.54, 1.807) is 24.3 Å². The van der Waals surface area contributed by atoms with Crippen molar-refractivity contribution in [2.24, 2.45) is 0 Å². The van der Waals surface area contributed by atoms with Crippen molar-refractivity contribution in [3.8, 4) is 0 Å². The lowest BCUT2D eigenvalue weighted by Gasteiger charge is -2.32. The maximum atomic E-state index is 13.3. The number of Topliss-reactive ketones (excluding diaryl/α,β-unsaturated/α-hetero) is 1. The first-order valence-electron chi connectivity index (χ1n) is 10.7. The van der Waals surface area contributed by atoms with Gasteiger partial charge in [-0.1, -0.05) is 47.6 Å². The second-order valence-electron chi connectivity index (χ2n) is 8.13. The second kappa shape index (κ2) is 9.08. The molecule has 0 saturated carbocycles. The van der Waals surface area contributed by atoms with Gasteiger partial charge in [0.05, 0.1) is 10.5 Å². The average Bonchev–Trinajstić information content (AvgIpc) is 2.82. The van der Waals surface area contributed by atoms with Crippen molar-refractivity contribution in [2.45, 2.75) is 36.1 Å². The van der Waals surface area contributed by atoms with E-state index >= 15 is 0 Å². The SMILES string of the molecule is O=C1CCCC2=C1C(c1cccc(Cl)c1)c1c(nc(SCc3ccc([N+](=O)[O-])cc3)[nH]c1=O)N2. The molecule has 1 aliphatic heterocycles. The number of carbonyl (C=O) groups is 1. The van der Waals surface area contributed by atoms with E-state index in [0.29, 0.717) is 45.7 Å². The smallest absolute Gasteiger partial charge is 0.269 e. The Kier molecular flexibility index (Phi) is 5.97. The number of anilines is 1. The van der Waals surface area contributed by atoms with Gasteiger partial charge in [-0.25, -0.2) is 4.98 Å². The van der Waals surface area contributed by atoms with Crippen LogP contribution in [-0.4, -0.2) is 20.7 Å². The summed E-state index contributed by atoms with van der Waals surface area (Å²) in [5.74, 6) is 0.403. The van der Waals surface area contributed by atoms with Gasteiger partial charge >= 0.3 is 0 Å². The van der Waals surface area contributed by atoms with Gasteiger partial charge in [0.1, 0.15) is 5.82 Å². The standard InChI is InChI=1S/C24H19ClN4O4S/c25-15-4-1-3-14(11-15)19-20-17(5-2-6-18(20)30)26-22-21(19)23(31)28-24(27-22)34-12-13-7-9-16(10-8-13)29(32)33/h1,3-4,7-11,19H,2,5-6,12H2,(H2,26,27,28,31). The number of non-ortho nitro benzene ring substituents is 1. The van der Waals surface area contributed by atoms with Gasteiger partial charge in [0.2, 0.25) is 0 Å². The summed E-state index contributed by atoms with van der Waals surface area (Å²) in [5.41, 5.74) is 3.16. The average molecular weight is 495 g/mol. The highest BCUT2D eigenvalue weighted by molar-refractivity contribution is 7.98. The van der Waals surface area contributed by atoms with E-state index in [1.807, 2.05) is 12.1 Å². The third-order valence-corrected chi connectivity index (χ3v) is 7.12. The van der Waals surface area contributed by atoms with Gasteiger partial charge in [0.25, 0.3) is 11.2 Å². The van der Waals surface area contributed by atoms with Crippen LogP contribution in [0.3, 0.4) is 0 Å². The minimum Gasteiger partial charge on any atom is -0.343 e. The summed E-state index contributed by atoms with van der Waals surface area (Å²) >= 11 is 7.56. The van der Waals surface area contributed by atoms with Crippen LogP contribution < -0.4 is 10.9 Å². The zero-order chi connectivity index (χ0) is 23.8. The molecule has 3 aromatic rings. The molecular formula is C24H19ClN4O4S. The fourth-order valence-electron chi connectivity index (χ4n) is 4.39. The number of halogens is 1. The number of benzene rings is 2. The van der Waals surface area contributed by atoms with Crippen LogP contribution in [0.1, 0.15) is 41.9 Å². The van der Waals surface area contributed by atoms with Crippen molar-refractivity contribution in [1.82, 2.24) is 9.97 Å². The Morgan fingerprint density at radius 2 is 1.94 bits per heavy atom. The number of carbonyl (C=O) groups excluding carboxylic acids is 1. The molecular weight excluding hydrogens is 476 g/mol. The number of aromatic amines is 1.